The van der Waals surface area contributed by atoms with Gasteiger partial charge in [-0.3, -0.25) is 14.6 Å². The largest absolute Gasteiger partial charge is 0.459 e. The van der Waals surface area contributed by atoms with Crippen LogP contribution < -0.4 is 5.32 Å². The molecule has 1 fully saturated rings. The zero-order valence-electron chi connectivity index (χ0n) is 13.6. The van der Waals surface area contributed by atoms with Crippen LogP contribution in [0.4, 0.5) is 13.2 Å². The van der Waals surface area contributed by atoms with E-state index in [-0.39, 0.29) is 23.3 Å². The maximum atomic E-state index is 12.5. The molecule has 0 spiro atoms. The third-order valence-corrected chi connectivity index (χ3v) is 4.17. The van der Waals surface area contributed by atoms with E-state index in [1.807, 2.05) is 0 Å². The predicted molar refractivity (Wildman–Crippen MR) is 84.3 cm³/mol. The summed E-state index contributed by atoms with van der Waals surface area (Å²) in [4.78, 5) is 29.2. The number of halogens is 3. The van der Waals surface area contributed by atoms with Crippen molar-refractivity contribution in [2.45, 2.75) is 25.1 Å². The van der Waals surface area contributed by atoms with E-state index in [9.17, 15) is 22.8 Å². The molecule has 0 saturated carbocycles. The van der Waals surface area contributed by atoms with Crippen molar-refractivity contribution in [1.82, 2.24) is 15.2 Å². The lowest BCUT2D eigenvalue weighted by Gasteiger charge is -2.31. The molecule has 2 amide bonds. The van der Waals surface area contributed by atoms with Gasteiger partial charge in [-0.25, -0.2) is 0 Å². The van der Waals surface area contributed by atoms with Crippen molar-refractivity contribution in [2.75, 3.05) is 13.1 Å². The Morgan fingerprint density at radius 1 is 1.19 bits per heavy atom. The van der Waals surface area contributed by atoms with Gasteiger partial charge in [0, 0.05) is 25.3 Å². The zero-order valence-corrected chi connectivity index (χ0v) is 13.6. The third kappa shape index (κ3) is 4.04. The van der Waals surface area contributed by atoms with Crippen LogP contribution in [-0.2, 0) is 6.18 Å². The maximum absolute atomic E-state index is 12.5. The Bertz CT molecular complexity index is 765. The molecule has 0 aliphatic carbocycles. The van der Waals surface area contributed by atoms with E-state index in [1.165, 1.54) is 6.26 Å². The summed E-state index contributed by atoms with van der Waals surface area (Å²) in [7, 11) is 0. The number of rotatable bonds is 3. The van der Waals surface area contributed by atoms with E-state index in [1.54, 1.807) is 17.0 Å². The summed E-state index contributed by atoms with van der Waals surface area (Å²) in [6, 6.07) is 4.94. The first-order chi connectivity index (χ1) is 12.3. The number of nitrogens with one attached hydrogen (secondary N) is 1. The minimum absolute atomic E-state index is 0.0621. The molecular formula is C17H16F3N3O3. The Labute approximate surface area is 147 Å². The second kappa shape index (κ2) is 7.19. The van der Waals surface area contributed by atoms with E-state index in [0.717, 1.165) is 18.3 Å². The summed E-state index contributed by atoms with van der Waals surface area (Å²) >= 11 is 0. The van der Waals surface area contributed by atoms with Crippen molar-refractivity contribution in [3.05, 3.63) is 53.7 Å². The minimum atomic E-state index is -4.54. The monoisotopic (exact) mass is 367 g/mol. The van der Waals surface area contributed by atoms with Crippen LogP contribution in [0.3, 0.4) is 0 Å². The number of likely N-dealkylation sites (tertiary alicyclic amines) is 1. The number of nitrogens with zero attached hydrogens (tertiary/aromatic N) is 2. The van der Waals surface area contributed by atoms with E-state index >= 15 is 0 Å². The lowest BCUT2D eigenvalue weighted by molar-refractivity contribution is -0.141. The zero-order chi connectivity index (χ0) is 18.7. The van der Waals surface area contributed by atoms with Gasteiger partial charge in [0.15, 0.2) is 5.76 Å². The molecule has 9 heteroatoms. The number of piperidine rings is 1. The summed E-state index contributed by atoms with van der Waals surface area (Å²) in [5, 5.41) is 2.77. The van der Waals surface area contributed by atoms with Crippen LogP contribution in [0.15, 0.2) is 41.1 Å². The molecule has 3 heterocycles. The summed E-state index contributed by atoms with van der Waals surface area (Å²) in [5.41, 5.74) is -0.981. The molecule has 0 atom stereocenters. The molecule has 2 aromatic rings. The molecule has 0 bridgehead atoms. The Kier molecular flexibility index (Phi) is 4.97. The summed E-state index contributed by atoms with van der Waals surface area (Å²) in [5.74, 6) is -0.419. The Hall–Kier alpha value is -2.84. The highest BCUT2D eigenvalue weighted by molar-refractivity contribution is 5.94. The van der Waals surface area contributed by atoms with Gasteiger partial charge >= 0.3 is 6.18 Å². The number of hydrogen-bond acceptors (Lipinski definition) is 4. The van der Waals surface area contributed by atoms with Gasteiger partial charge in [-0.05, 0) is 37.1 Å². The first kappa shape index (κ1) is 18.0. The van der Waals surface area contributed by atoms with E-state index in [4.69, 9.17) is 4.42 Å². The van der Waals surface area contributed by atoms with Gasteiger partial charge in [0.2, 0.25) is 0 Å². The molecule has 0 aromatic carbocycles. The highest BCUT2D eigenvalue weighted by Gasteiger charge is 2.32. The van der Waals surface area contributed by atoms with Crippen molar-refractivity contribution in [1.29, 1.82) is 0 Å². The molecule has 1 aliphatic heterocycles. The summed E-state index contributed by atoms with van der Waals surface area (Å²) in [6.07, 6.45) is -1.10. The lowest BCUT2D eigenvalue weighted by Crippen LogP contribution is -2.46. The first-order valence-corrected chi connectivity index (χ1v) is 8.01. The minimum Gasteiger partial charge on any atom is -0.459 e. The standard InChI is InChI=1S/C17H16F3N3O3/c18-17(19,20)14-4-3-11(10-21-14)15(24)22-12-5-7-23(8-6-12)16(25)13-2-1-9-26-13/h1-4,9-10,12H,5-8H2,(H,22,24). The number of aromatic nitrogens is 1. The molecule has 1 N–H and O–H groups in total. The van der Waals surface area contributed by atoms with Gasteiger partial charge in [-0.2, -0.15) is 13.2 Å². The van der Waals surface area contributed by atoms with Crippen LogP contribution in [0.25, 0.3) is 0 Å². The van der Waals surface area contributed by atoms with Crippen molar-refractivity contribution in [2.24, 2.45) is 0 Å². The molecule has 1 saturated heterocycles. The average molecular weight is 367 g/mol. The van der Waals surface area contributed by atoms with Crippen molar-refractivity contribution >= 4 is 11.8 Å². The molecule has 0 unspecified atom stereocenters. The number of amides is 2. The molecule has 2 aromatic heterocycles. The van der Waals surface area contributed by atoms with Gasteiger partial charge < -0.3 is 14.6 Å². The summed E-state index contributed by atoms with van der Waals surface area (Å²) < 4.78 is 42.6. The first-order valence-electron chi connectivity index (χ1n) is 8.01. The van der Waals surface area contributed by atoms with Gasteiger partial charge in [0.1, 0.15) is 5.69 Å². The van der Waals surface area contributed by atoms with E-state index in [2.05, 4.69) is 10.3 Å². The number of carbonyl (C=O) groups excluding carboxylic acids is 2. The normalized spacial score (nSPS) is 15.7. The number of hydrogen-bond donors (Lipinski definition) is 1. The van der Waals surface area contributed by atoms with E-state index in [0.29, 0.717) is 25.9 Å². The van der Waals surface area contributed by atoms with Crippen LogP contribution in [-0.4, -0.2) is 40.8 Å². The van der Waals surface area contributed by atoms with Crippen LogP contribution in [0, 0.1) is 0 Å². The molecule has 6 nitrogen and oxygen atoms in total. The highest BCUT2D eigenvalue weighted by Crippen LogP contribution is 2.27. The number of furan rings is 1. The SMILES string of the molecule is O=C(NC1CCN(C(=O)c2ccco2)CC1)c1ccc(C(F)(F)F)nc1. The Morgan fingerprint density at radius 2 is 1.92 bits per heavy atom. The fraction of sp³-hybridized carbons (Fsp3) is 0.353. The number of alkyl halides is 3. The highest BCUT2D eigenvalue weighted by atomic mass is 19.4. The topological polar surface area (TPSA) is 75.4 Å². The quantitative estimate of drug-likeness (QED) is 0.905. The van der Waals surface area contributed by atoms with Crippen molar-refractivity contribution in [3.63, 3.8) is 0 Å². The van der Waals surface area contributed by atoms with Crippen LogP contribution >= 0.6 is 0 Å². The molecule has 138 valence electrons. The molecule has 26 heavy (non-hydrogen) atoms. The fourth-order valence-electron chi connectivity index (χ4n) is 2.75. The van der Waals surface area contributed by atoms with Crippen molar-refractivity contribution < 1.29 is 27.2 Å². The van der Waals surface area contributed by atoms with E-state index < -0.39 is 17.8 Å². The van der Waals surface area contributed by atoms with Crippen LogP contribution in [0.2, 0.25) is 0 Å². The predicted octanol–water partition coefficient (Wildman–Crippen LogP) is 2.73. The van der Waals surface area contributed by atoms with Crippen LogP contribution in [0.5, 0.6) is 0 Å². The molecule has 3 rings (SSSR count). The van der Waals surface area contributed by atoms with Crippen LogP contribution in [0.1, 0.15) is 39.4 Å². The Morgan fingerprint density at radius 3 is 2.46 bits per heavy atom. The second-order valence-electron chi connectivity index (χ2n) is 5.95. The smallest absolute Gasteiger partial charge is 0.433 e. The number of pyridine rings is 1. The molecule has 1 aliphatic rings. The van der Waals surface area contributed by atoms with Crippen molar-refractivity contribution in [3.8, 4) is 0 Å². The van der Waals surface area contributed by atoms with Gasteiger partial charge in [-0.15, -0.1) is 0 Å². The fourth-order valence-corrected chi connectivity index (χ4v) is 2.75. The number of carbonyl (C=O) groups is 2. The molecular weight excluding hydrogens is 351 g/mol. The van der Waals surface area contributed by atoms with Gasteiger partial charge in [0.25, 0.3) is 11.8 Å². The summed E-state index contributed by atoms with van der Waals surface area (Å²) in [6.45, 7) is 0.908. The maximum Gasteiger partial charge on any atom is 0.433 e. The molecule has 0 radical (unpaired) electrons. The average Bonchev–Trinajstić information content (AvgIpc) is 3.16. The second-order valence-corrected chi connectivity index (χ2v) is 5.95. The lowest BCUT2D eigenvalue weighted by atomic mass is 10.0. The third-order valence-electron chi connectivity index (χ3n) is 4.17. The van der Waals surface area contributed by atoms with Gasteiger partial charge in [-0.1, -0.05) is 0 Å². The van der Waals surface area contributed by atoms with Gasteiger partial charge in [0.05, 0.1) is 11.8 Å². The Balaban J connectivity index is 1.53.